The minimum atomic E-state index is -3.02. The molecule has 0 aliphatic carbocycles. The molecule has 28 heavy (non-hydrogen) atoms. The van der Waals surface area contributed by atoms with Gasteiger partial charge in [0.2, 0.25) is 0 Å². The van der Waals surface area contributed by atoms with E-state index in [-0.39, 0.29) is 22.4 Å². The van der Waals surface area contributed by atoms with Crippen LogP contribution in [0.1, 0.15) is 11.3 Å². The lowest BCUT2D eigenvalue weighted by atomic mass is 10.1. The smallest absolute Gasteiger partial charge is 0.387 e. The lowest BCUT2D eigenvalue weighted by molar-refractivity contribution is -0.0511. The van der Waals surface area contributed by atoms with Gasteiger partial charge in [0.05, 0.1) is 18.0 Å². The number of alkyl halides is 2. The molecule has 0 radical (unpaired) electrons. The van der Waals surface area contributed by atoms with E-state index in [0.29, 0.717) is 11.4 Å². The van der Waals surface area contributed by atoms with Gasteiger partial charge in [0.25, 0.3) is 5.56 Å². The van der Waals surface area contributed by atoms with Gasteiger partial charge in [0.1, 0.15) is 5.82 Å². The number of methoxy groups -OCH3 is 1. The summed E-state index contributed by atoms with van der Waals surface area (Å²) in [7, 11) is 1.31. The summed E-state index contributed by atoms with van der Waals surface area (Å²) >= 11 is 0. The van der Waals surface area contributed by atoms with Gasteiger partial charge in [-0.3, -0.25) is 4.79 Å². The molecule has 0 aliphatic heterocycles. The monoisotopic (exact) mass is 385 g/mol. The zero-order valence-corrected chi connectivity index (χ0v) is 15.4. The van der Waals surface area contributed by atoms with E-state index in [2.05, 4.69) is 19.7 Å². The second-order valence-corrected chi connectivity index (χ2v) is 6.45. The van der Waals surface area contributed by atoms with Crippen molar-refractivity contribution in [3.8, 4) is 22.9 Å². The zero-order chi connectivity index (χ0) is 20.0. The first-order valence-electron chi connectivity index (χ1n) is 8.53. The van der Waals surface area contributed by atoms with Crippen LogP contribution in [0.5, 0.6) is 11.5 Å². The first-order valence-corrected chi connectivity index (χ1v) is 8.53. The molecule has 2 aromatic carbocycles. The van der Waals surface area contributed by atoms with Gasteiger partial charge < -0.3 is 19.4 Å². The van der Waals surface area contributed by atoms with E-state index in [0.717, 1.165) is 22.2 Å². The number of aryl methyl sites for hydroxylation is 2. The highest BCUT2D eigenvalue weighted by Crippen LogP contribution is 2.32. The Morgan fingerprint density at radius 3 is 2.54 bits per heavy atom. The van der Waals surface area contributed by atoms with Crippen LogP contribution in [-0.2, 0) is 0 Å². The maximum absolute atomic E-state index is 12.7. The van der Waals surface area contributed by atoms with Crippen LogP contribution >= 0.6 is 0 Å². The molecule has 2 N–H and O–H groups in total. The van der Waals surface area contributed by atoms with Gasteiger partial charge in [-0.1, -0.05) is 0 Å². The summed E-state index contributed by atoms with van der Waals surface area (Å²) in [5.41, 5.74) is 3.70. The summed E-state index contributed by atoms with van der Waals surface area (Å²) in [6.45, 7) is 0.979. The Morgan fingerprint density at radius 1 is 1.04 bits per heavy atom. The number of aromatic nitrogens is 3. The number of benzene rings is 2. The van der Waals surface area contributed by atoms with Crippen molar-refractivity contribution in [2.75, 3.05) is 7.11 Å². The fraction of sp³-hybridized carbons (Fsp3) is 0.200. The summed E-state index contributed by atoms with van der Waals surface area (Å²) in [6.07, 6.45) is 0. The number of hydrogen-bond donors (Lipinski definition) is 2. The molecule has 0 spiro atoms. The zero-order valence-electron chi connectivity index (χ0n) is 15.4. The van der Waals surface area contributed by atoms with Crippen LogP contribution in [0.4, 0.5) is 8.78 Å². The summed E-state index contributed by atoms with van der Waals surface area (Å²) in [5.74, 6) is 0.195. The second-order valence-electron chi connectivity index (χ2n) is 6.45. The van der Waals surface area contributed by atoms with Gasteiger partial charge in [-0.2, -0.15) is 8.78 Å². The summed E-state index contributed by atoms with van der Waals surface area (Å²) in [6, 6.07) is 8.29. The van der Waals surface area contributed by atoms with E-state index in [9.17, 15) is 13.6 Å². The summed E-state index contributed by atoms with van der Waals surface area (Å²) in [4.78, 5) is 23.0. The van der Waals surface area contributed by atoms with E-state index < -0.39 is 12.2 Å². The number of nitrogens with one attached hydrogen (secondary N) is 2. The SMILES string of the molecule is COc1cc2c(=O)[nH]c(-c3ccc4[nH]c(C)c(C)c4c3)nc2cc1OC(F)F. The molecule has 144 valence electrons. The van der Waals surface area contributed by atoms with E-state index in [1.807, 2.05) is 32.0 Å². The minimum Gasteiger partial charge on any atom is -0.493 e. The van der Waals surface area contributed by atoms with Gasteiger partial charge in [-0.25, -0.2) is 4.98 Å². The molecular formula is C20H17F2N3O3. The predicted octanol–water partition coefficient (Wildman–Crippen LogP) is 4.30. The minimum absolute atomic E-state index is 0.0349. The van der Waals surface area contributed by atoms with E-state index in [4.69, 9.17) is 4.74 Å². The van der Waals surface area contributed by atoms with E-state index >= 15 is 0 Å². The average molecular weight is 385 g/mol. The summed E-state index contributed by atoms with van der Waals surface area (Å²) < 4.78 is 34.9. The molecule has 4 rings (SSSR count). The Morgan fingerprint density at radius 2 is 1.82 bits per heavy atom. The molecule has 0 atom stereocenters. The number of rotatable bonds is 4. The highest BCUT2D eigenvalue weighted by atomic mass is 19.3. The average Bonchev–Trinajstić information content (AvgIpc) is 2.94. The molecule has 0 unspecified atom stereocenters. The molecule has 0 saturated carbocycles. The number of aromatic amines is 2. The summed E-state index contributed by atoms with van der Waals surface area (Å²) in [5, 5.41) is 1.24. The maximum atomic E-state index is 12.7. The standard InChI is InChI=1S/C20H17F2N3O3/c1-9-10(2)23-14-5-4-11(6-12(9)14)18-24-15-8-17(28-20(21)22)16(27-3)7-13(15)19(26)25-18/h4-8,20,23H,1-3H3,(H,24,25,26). The van der Waals surface area contributed by atoms with Gasteiger partial charge in [0, 0.05) is 28.2 Å². The normalized spacial score (nSPS) is 11.5. The van der Waals surface area contributed by atoms with Crippen molar-refractivity contribution in [3.63, 3.8) is 0 Å². The van der Waals surface area contributed by atoms with Crippen LogP contribution in [0.15, 0.2) is 35.1 Å². The topological polar surface area (TPSA) is 80.0 Å². The van der Waals surface area contributed by atoms with Crippen LogP contribution in [0.3, 0.4) is 0 Å². The molecule has 2 heterocycles. The van der Waals surface area contributed by atoms with Crippen molar-refractivity contribution >= 4 is 21.8 Å². The number of H-pyrrole nitrogens is 2. The van der Waals surface area contributed by atoms with Crippen molar-refractivity contribution in [1.29, 1.82) is 0 Å². The van der Waals surface area contributed by atoms with Gasteiger partial charge in [0.15, 0.2) is 11.5 Å². The third kappa shape index (κ3) is 2.96. The number of halogens is 2. The Balaban J connectivity index is 1.90. The van der Waals surface area contributed by atoms with Crippen molar-refractivity contribution in [3.05, 3.63) is 51.9 Å². The van der Waals surface area contributed by atoms with E-state index in [1.165, 1.54) is 19.2 Å². The molecular weight excluding hydrogens is 368 g/mol. The Kier molecular flexibility index (Phi) is 4.26. The maximum Gasteiger partial charge on any atom is 0.387 e. The first kappa shape index (κ1) is 18.0. The van der Waals surface area contributed by atoms with Crippen molar-refractivity contribution in [2.45, 2.75) is 20.5 Å². The third-order valence-electron chi connectivity index (χ3n) is 4.79. The fourth-order valence-corrected chi connectivity index (χ4v) is 3.24. The lowest BCUT2D eigenvalue weighted by Crippen LogP contribution is -2.11. The van der Waals surface area contributed by atoms with Crippen LogP contribution in [-0.4, -0.2) is 28.7 Å². The highest BCUT2D eigenvalue weighted by Gasteiger charge is 2.16. The highest BCUT2D eigenvalue weighted by molar-refractivity contribution is 5.89. The van der Waals surface area contributed by atoms with Crippen molar-refractivity contribution in [1.82, 2.24) is 15.0 Å². The van der Waals surface area contributed by atoms with Crippen LogP contribution in [0.25, 0.3) is 33.2 Å². The van der Waals surface area contributed by atoms with Gasteiger partial charge >= 0.3 is 6.61 Å². The number of hydrogen-bond acceptors (Lipinski definition) is 4. The molecule has 0 fully saturated rings. The molecule has 0 aliphatic rings. The van der Waals surface area contributed by atoms with Gasteiger partial charge in [-0.05, 0) is 43.7 Å². The fourth-order valence-electron chi connectivity index (χ4n) is 3.24. The molecule has 6 nitrogen and oxygen atoms in total. The van der Waals surface area contributed by atoms with E-state index in [1.54, 1.807) is 0 Å². The molecule has 0 saturated heterocycles. The number of nitrogens with zero attached hydrogens (tertiary/aromatic N) is 1. The van der Waals surface area contributed by atoms with Crippen LogP contribution in [0, 0.1) is 13.8 Å². The Bertz CT molecular complexity index is 1260. The molecule has 8 heteroatoms. The Hall–Kier alpha value is -3.42. The molecule has 0 amide bonds. The Labute approximate surface area is 158 Å². The largest absolute Gasteiger partial charge is 0.493 e. The number of ether oxygens (including phenoxy) is 2. The molecule has 4 aromatic rings. The predicted molar refractivity (Wildman–Crippen MR) is 102 cm³/mol. The molecule has 0 bridgehead atoms. The lowest BCUT2D eigenvalue weighted by Gasteiger charge is -2.11. The van der Waals surface area contributed by atoms with Crippen molar-refractivity contribution in [2.24, 2.45) is 0 Å². The number of fused-ring (bicyclic) bond motifs is 2. The first-order chi connectivity index (χ1) is 13.4. The second kappa shape index (κ2) is 6.63. The third-order valence-corrected chi connectivity index (χ3v) is 4.79. The molecule has 2 aromatic heterocycles. The van der Waals surface area contributed by atoms with Gasteiger partial charge in [-0.15, -0.1) is 0 Å². The van der Waals surface area contributed by atoms with Crippen LogP contribution in [0.2, 0.25) is 0 Å². The van der Waals surface area contributed by atoms with Crippen molar-refractivity contribution < 1.29 is 18.3 Å². The quantitative estimate of drug-likeness (QED) is 0.549. The van der Waals surface area contributed by atoms with Crippen LogP contribution < -0.4 is 15.0 Å².